The minimum absolute atomic E-state index is 0.280. The Morgan fingerprint density at radius 3 is 2.56 bits per heavy atom. The number of aromatic amines is 1. The van der Waals surface area contributed by atoms with Crippen molar-refractivity contribution in [2.45, 2.75) is 43.6 Å². The lowest BCUT2D eigenvalue weighted by Crippen LogP contribution is -2.48. The van der Waals surface area contributed by atoms with Crippen molar-refractivity contribution in [1.29, 1.82) is 0 Å². The number of benzene rings is 1. The normalized spacial score (nSPS) is 24.0. The average Bonchev–Trinajstić information content (AvgIpc) is 3.07. The minimum Gasteiger partial charge on any atom is -0.346 e. The smallest absolute Gasteiger partial charge is 0.137 e. The molecule has 130 valence electrons. The highest BCUT2D eigenvalue weighted by atomic mass is 15.1. The molecule has 0 saturated heterocycles. The van der Waals surface area contributed by atoms with E-state index < -0.39 is 0 Å². The van der Waals surface area contributed by atoms with Gasteiger partial charge in [-0.3, -0.25) is 0 Å². The van der Waals surface area contributed by atoms with Crippen LogP contribution in [0.5, 0.6) is 0 Å². The minimum atomic E-state index is 0.280. The molecule has 3 aromatic rings. The number of rotatable bonds is 4. The molecule has 0 bridgehead atoms. The monoisotopic (exact) mass is 333 g/mol. The third kappa shape index (κ3) is 3.09. The molecule has 0 amide bonds. The number of H-pyrrole nitrogens is 1. The van der Waals surface area contributed by atoms with Crippen LogP contribution in [0.15, 0.2) is 54.9 Å². The van der Waals surface area contributed by atoms with E-state index in [1.165, 1.54) is 42.2 Å². The Morgan fingerprint density at radius 1 is 1.08 bits per heavy atom. The Hall–Kier alpha value is -2.13. The molecule has 1 fully saturated rings. The van der Waals surface area contributed by atoms with Crippen LogP contribution in [-0.2, 0) is 6.42 Å². The SMILES string of the molecule is CN(C)C1(Cc2ccccc2)CCC(c2c[nH]c3ncccc23)CC1. The number of aromatic nitrogens is 2. The molecule has 4 rings (SSSR count). The van der Waals surface area contributed by atoms with Crippen LogP contribution in [0, 0.1) is 0 Å². The first-order chi connectivity index (χ1) is 12.2. The standard InChI is InChI=1S/C22H27N3/c1-25(2)22(15-17-7-4-3-5-8-17)12-10-18(11-13-22)20-16-24-21-19(20)9-6-14-23-21/h3-9,14,16,18H,10-13,15H2,1-2H3,(H,23,24). The fourth-order valence-electron chi connectivity index (χ4n) is 4.54. The molecule has 0 radical (unpaired) electrons. The van der Waals surface area contributed by atoms with Crippen molar-refractivity contribution in [2.24, 2.45) is 0 Å². The largest absolute Gasteiger partial charge is 0.346 e. The summed E-state index contributed by atoms with van der Waals surface area (Å²) in [5, 5.41) is 1.30. The van der Waals surface area contributed by atoms with Gasteiger partial charge < -0.3 is 9.88 Å². The summed E-state index contributed by atoms with van der Waals surface area (Å²) in [6, 6.07) is 15.2. The van der Waals surface area contributed by atoms with Crippen LogP contribution in [0.3, 0.4) is 0 Å². The highest BCUT2D eigenvalue weighted by Crippen LogP contribution is 2.43. The van der Waals surface area contributed by atoms with E-state index >= 15 is 0 Å². The summed E-state index contributed by atoms with van der Waals surface area (Å²) in [4.78, 5) is 10.3. The molecule has 1 N–H and O–H groups in total. The fourth-order valence-corrected chi connectivity index (χ4v) is 4.54. The molecular formula is C22H27N3. The summed E-state index contributed by atoms with van der Waals surface area (Å²) in [6.45, 7) is 0. The van der Waals surface area contributed by atoms with Crippen molar-refractivity contribution in [3.63, 3.8) is 0 Å². The van der Waals surface area contributed by atoms with Gasteiger partial charge in [0, 0.05) is 23.3 Å². The number of nitrogens with zero attached hydrogens (tertiary/aromatic N) is 2. The number of pyridine rings is 1. The molecule has 2 heterocycles. The molecule has 1 aliphatic carbocycles. The highest BCUT2D eigenvalue weighted by Gasteiger charge is 2.38. The zero-order valence-electron chi connectivity index (χ0n) is 15.2. The van der Waals surface area contributed by atoms with Gasteiger partial charge in [0.2, 0.25) is 0 Å². The van der Waals surface area contributed by atoms with E-state index in [4.69, 9.17) is 0 Å². The van der Waals surface area contributed by atoms with Crippen molar-refractivity contribution >= 4 is 11.0 Å². The maximum absolute atomic E-state index is 4.45. The van der Waals surface area contributed by atoms with Gasteiger partial charge in [-0.1, -0.05) is 30.3 Å². The van der Waals surface area contributed by atoms with E-state index in [2.05, 4.69) is 71.6 Å². The van der Waals surface area contributed by atoms with E-state index in [9.17, 15) is 0 Å². The average molecular weight is 333 g/mol. The first-order valence-corrected chi connectivity index (χ1v) is 9.31. The van der Waals surface area contributed by atoms with Crippen molar-refractivity contribution in [2.75, 3.05) is 14.1 Å². The molecular weight excluding hydrogens is 306 g/mol. The molecule has 1 saturated carbocycles. The van der Waals surface area contributed by atoms with Gasteiger partial charge in [0.15, 0.2) is 0 Å². The maximum Gasteiger partial charge on any atom is 0.137 e. The number of likely N-dealkylation sites (N-methyl/N-ethyl adjacent to an activating group) is 1. The third-order valence-corrected chi connectivity index (χ3v) is 6.16. The summed E-state index contributed by atoms with van der Waals surface area (Å²) in [6.07, 6.45) is 10.2. The van der Waals surface area contributed by atoms with Crippen molar-refractivity contribution in [1.82, 2.24) is 14.9 Å². The van der Waals surface area contributed by atoms with Gasteiger partial charge in [0.05, 0.1) is 0 Å². The third-order valence-electron chi connectivity index (χ3n) is 6.16. The van der Waals surface area contributed by atoms with E-state index in [1.54, 1.807) is 0 Å². The zero-order valence-corrected chi connectivity index (χ0v) is 15.2. The Morgan fingerprint density at radius 2 is 1.84 bits per heavy atom. The predicted molar refractivity (Wildman–Crippen MR) is 104 cm³/mol. The first kappa shape index (κ1) is 16.3. The van der Waals surface area contributed by atoms with Gasteiger partial charge in [-0.2, -0.15) is 0 Å². The second-order valence-corrected chi connectivity index (χ2v) is 7.70. The van der Waals surface area contributed by atoms with Crippen molar-refractivity contribution in [3.8, 4) is 0 Å². The molecule has 1 aromatic carbocycles. The number of fused-ring (bicyclic) bond motifs is 1. The Balaban J connectivity index is 1.54. The summed E-state index contributed by atoms with van der Waals surface area (Å²) in [7, 11) is 4.50. The van der Waals surface area contributed by atoms with Gasteiger partial charge in [-0.15, -0.1) is 0 Å². The van der Waals surface area contributed by atoms with Crippen LogP contribution < -0.4 is 0 Å². The molecule has 25 heavy (non-hydrogen) atoms. The van der Waals surface area contributed by atoms with Crippen molar-refractivity contribution < 1.29 is 0 Å². The van der Waals surface area contributed by atoms with Crippen molar-refractivity contribution in [3.05, 3.63) is 66.0 Å². The van der Waals surface area contributed by atoms with E-state index in [-0.39, 0.29) is 5.54 Å². The molecule has 2 aromatic heterocycles. The second-order valence-electron chi connectivity index (χ2n) is 7.70. The van der Waals surface area contributed by atoms with Gasteiger partial charge in [-0.05, 0) is 75.4 Å². The van der Waals surface area contributed by atoms with E-state index in [0.717, 1.165) is 12.1 Å². The molecule has 3 heteroatoms. The number of hydrogen-bond acceptors (Lipinski definition) is 2. The fraction of sp³-hybridized carbons (Fsp3) is 0.409. The van der Waals surface area contributed by atoms with E-state index in [1.807, 2.05) is 12.3 Å². The van der Waals surface area contributed by atoms with Crippen LogP contribution in [0.25, 0.3) is 11.0 Å². The lowest BCUT2D eigenvalue weighted by Gasteiger charge is -2.45. The topological polar surface area (TPSA) is 31.9 Å². The second kappa shape index (κ2) is 6.64. The summed E-state index contributed by atoms with van der Waals surface area (Å²) in [5.74, 6) is 0.641. The number of nitrogens with one attached hydrogen (secondary N) is 1. The molecule has 0 atom stereocenters. The predicted octanol–water partition coefficient (Wildman–Crippen LogP) is 4.76. The summed E-state index contributed by atoms with van der Waals surface area (Å²) < 4.78 is 0. The molecule has 0 aliphatic heterocycles. The lowest BCUT2D eigenvalue weighted by molar-refractivity contribution is 0.0928. The molecule has 3 nitrogen and oxygen atoms in total. The highest BCUT2D eigenvalue weighted by molar-refractivity contribution is 5.80. The Labute approximate surface area is 150 Å². The van der Waals surface area contributed by atoms with Gasteiger partial charge in [0.25, 0.3) is 0 Å². The zero-order chi connectivity index (χ0) is 17.3. The molecule has 0 spiro atoms. The van der Waals surface area contributed by atoms with Crippen LogP contribution in [0.2, 0.25) is 0 Å². The Bertz CT molecular complexity index is 827. The quantitative estimate of drug-likeness (QED) is 0.746. The number of hydrogen-bond donors (Lipinski definition) is 1. The maximum atomic E-state index is 4.45. The van der Waals surface area contributed by atoms with Crippen LogP contribution in [0.1, 0.15) is 42.7 Å². The van der Waals surface area contributed by atoms with Crippen LogP contribution in [-0.4, -0.2) is 34.5 Å². The van der Waals surface area contributed by atoms with E-state index in [0.29, 0.717) is 5.92 Å². The van der Waals surface area contributed by atoms with Crippen LogP contribution >= 0.6 is 0 Å². The summed E-state index contributed by atoms with van der Waals surface area (Å²) in [5.41, 5.74) is 4.20. The molecule has 0 unspecified atom stereocenters. The first-order valence-electron chi connectivity index (χ1n) is 9.31. The van der Waals surface area contributed by atoms with Gasteiger partial charge in [-0.25, -0.2) is 4.98 Å². The summed E-state index contributed by atoms with van der Waals surface area (Å²) >= 11 is 0. The lowest BCUT2D eigenvalue weighted by atomic mass is 9.71. The van der Waals surface area contributed by atoms with Gasteiger partial charge >= 0.3 is 0 Å². The van der Waals surface area contributed by atoms with Gasteiger partial charge in [0.1, 0.15) is 5.65 Å². The Kier molecular flexibility index (Phi) is 4.34. The van der Waals surface area contributed by atoms with Crippen LogP contribution in [0.4, 0.5) is 0 Å². The molecule has 1 aliphatic rings.